The van der Waals surface area contributed by atoms with Crippen molar-refractivity contribution in [3.05, 3.63) is 23.8 Å². The van der Waals surface area contributed by atoms with Crippen LogP contribution in [0, 0.1) is 0 Å². The molecule has 0 saturated heterocycles. The van der Waals surface area contributed by atoms with Gasteiger partial charge in [-0.05, 0) is 24.2 Å². The number of ether oxygens (including phenoxy) is 3. The molecular weight excluding hydrogens is 206 g/mol. The molecule has 0 spiro atoms. The third-order valence-corrected chi connectivity index (χ3v) is 2.14. The van der Waals surface area contributed by atoms with E-state index in [0.29, 0.717) is 5.75 Å². The van der Waals surface area contributed by atoms with Gasteiger partial charge >= 0.3 is 0 Å². The maximum atomic E-state index is 5.42. The van der Waals surface area contributed by atoms with Crippen LogP contribution in [0.2, 0.25) is 0 Å². The van der Waals surface area contributed by atoms with E-state index >= 15 is 0 Å². The summed E-state index contributed by atoms with van der Waals surface area (Å²) in [5.41, 5.74) is 1.16. The molecule has 1 aromatic rings. The first kappa shape index (κ1) is 12.8. The highest BCUT2D eigenvalue weighted by atomic mass is 16.7. The zero-order valence-corrected chi connectivity index (χ0v) is 10.1. The molecule has 0 unspecified atom stereocenters. The van der Waals surface area contributed by atoms with Crippen molar-refractivity contribution in [3.63, 3.8) is 0 Å². The maximum Gasteiger partial charge on any atom is 0.188 e. The van der Waals surface area contributed by atoms with Gasteiger partial charge in [-0.15, -0.1) is 0 Å². The quantitative estimate of drug-likeness (QED) is 0.718. The van der Waals surface area contributed by atoms with Crippen LogP contribution in [0.15, 0.2) is 18.2 Å². The molecule has 0 bridgehead atoms. The van der Waals surface area contributed by atoms with Crippen LogP contribution in [0.5, 0.6) is 11.5 Å². The highest BCUT2D eigenvalue weighted by molar-refractivity contribution is 5.42. The van der Waals surface area contributed by atoms with Crippen LogP contribution in [-0.2, 0) is 11.3 Å². The molecule has 0 aliphatic carbocycles. The van der Waals surface area contributed by atoms with Crippen LogP contribution < -0.4 is 14.8 Å². The largest absolute Gasteiger partial charge is 0.493 e. The Kier molecular flexibility index (Phi) is 5.67. The summed E-state index contributed by atoms with van der Waals surface area (Å²) in [5, 5.41) is 3.26. The molecule has 90 valence electrons. The SMILES string of the molecule is CCNCc1ccc(OC)c(OCOC)c1. The van der Waals surface area contributed by atoms with Gasteiger partial charge in [-0.1, -0.05) is 13.0 Å². The fraction of sp³-hybridized carbons (Fsp3) is 0.500. The van der Waals surface area contributed by atoms with Crippen molar-refractivity contribution in [2.45, 2.75) is 13.5 Å². The van der Waals surface area contributed by atoms with E-state index < -0.39 is 0 Å². The van der Waals surface area contributed by atoms with Crippen LogP contribution in [-0.4, -0.2) is 27.6 Å². The average Bonchev–Trinajstić information content (AvgIpc) is 2.33. The van der Waals surface area contributed by atoms with Gasteiger partial charge in [0.05, 0.1) is 7.11 Å². The minimum absolute atomic E-state index is 0.223. The third-order valence-electron chi connectivity index (χ3n) is 2.14. The Morgan fingerprint density at radius 3 is 2.62 bits per heavy atom. The molecule has 0 saturated carbocycles. The molecular formula is C12H19NO3. The number of hydrogen-bond donors (Lipinski definition) is 1. The normalized spacial score (nSPS) is 10.2. The van der Waals surface area contributed by atoms with Crippen molar-refractivity contribution in [1.82, 2.24) is 5.32 Å². The summed E-state index contributed by atoms with van der Waals surface area (Å²) in [5.74, 6) is 1.43. The third kappa shape index (κ3) is 3.72. The predicted octanol–water partition coefficient (Wildman–Crippen LogP) is 1.79. The second kappa shape index (κ2) is 7.09. The summed E-state index contributed by atoms with van der Waals surface area (Å²) in [4.78, 5) is 0. The summed E-state index contributed by atoms with van der Waals surface area (Å²) in [6.45, 7) is 4.07. The number of nitrogens with one attached hydrogen (secondary N) is 1. The number of hydrogen-bond acceptors (Lipinski definition) is 4. The standard InChI is InChI=1S/C12H19NO3/c1-4-13-8-10-5-6-11(15-3)12(7-10)16-9-14-2/h5-7,13H,4,8-9H2,1-3H3. The Balaban J connectivity index is 2.74. The van der Waals surface area contributed by atoms with Crippen LogP contribution >= 0.6 is 0 Å². The topological polar surface area (TPSA) is 39.7 Å². The highest BCUT2D eigenvalue weighted by Gasteiger charge is 2.05. The number of methoxy groups -OCH3 is 2. The Labute approximate surface area is 96.5 Å². The lowest BCUT2D eigenvalue weighted by Crippen LogP contribution is -2.12. The summed E-state index contributed by atoms with van der Waals surface area (Å²) in [7, 11) is 3.22. The lowest BCUT2D eigenvalue weighted by molar-refractivity contribution is 0.0491. The summed E-state index contributed by atoms with van der Waals surface area (Å²) < 4.78 is 15.5. The van der Waals surface area contributed by atoms with E-state index in [1.165, 1.54) is 0 Å². The summed E-state index contributed by atoms with van der Waals surface area (Å²) in [6.07, 6.45) is 0. The molecule has 0 radical (unpaired) electrons. The van der Waals surface area contributed by atoms with E-state index in [-0.39, 0.29) is 6.79 Å². The van der Waals surface area contributed by atoms with E-state index in [1.807, 2.05) is 18.2 Å². The molecule has 1 N–H and O–H groups in total. The summed E-state index contributed by atoms with van der Waals surface area (Å²) >= 11 is 0. The van der Waals surface area contributed by atoms with E-state index in [2.05, 4.69) is 12.2 Å². The molecule has 0 aromatic heterocycles. The second-order valence-electron chi connectivity index (χ2n) is 3.32. The smallest absolute Gasteiger partial charge is 0.188 e. The van der Waals surface area contributed by atoms with Crippen molar-refractivity contribution in [3.8, 4) is 11.5 Å². The van der Waals surface area contributed by atoms with Crippen LogP contribution in [0.3, 0.4) is 0 Å². The Bertz CT molecular complexity index is 315. The predicted molar refractivity (Wildman–Crippen MR) is 62.9 cm³/mol. The fourth-order valence-corrected chi connectivity index (χ4v) is 1.34. The van der Waals surface area contributed by atoms with Crippen LogP contribution in [0.4, 0.5) is 0 Å². The minimum Gasteiger partial charge on any atom is -0.493 e. The highest BCUT2D eigenvalue weighted by Crippen LogP contribution is 2.27. The molecule has 4 heteroatoms. The number of rotatable bonds is 7. The van der Waals surface area contributed by atoms with Gasteiger partial charge < -0.3 is 19.5 Å². The van der Waals surface area contributed by atoms with Crippen molar-refractivity contribution < 1.29 is 14.2 Å². The minimum atomic E-state index is 0.223. The Hall–Kier alpha value is -1.26. The Morgan fingerprint density at radius 1 is 1.19 bits per heavy atom. The molecule has 0 atom stereocenters. The van der Waals surface area contributed by atoms with Gasteiger partial charge in [0.2, 0.25) is 0 Å². The van der Waals surface area contributed by atoms with Crippen molar-refractivity contribution in [2.75, 3.05) is 27.6 Å². The van der Waals surface area contributed by atoms with Gasteiger partial charge in [-0.2, -0.15) is 0 Å². The van der Waals surface area contributed by atoms with Crippen molar-refractivity contribution in [1.29, 1.82) is 0 Å². The molecule has 0 fully saturated rings. The van der Waals surface area contributed by atoms with E-state index in [4.69, 9.17) is 14.2 Å². The first-order chi connectivity index (χ1) is 7.81. The van der Waals surface area contributed by atoms with E-state index in [0.717, 1.165) is 24.4 Å². The van der Waals surface area contributed by atoms with Gasteiger partial charge in [0.25, 0.3) is 0 Å². The van der Waals surface area contributed by atoms with Gasteiger partial charge in [0.15, 0.2) is 18.3 Å². The fourth-order valence-electron chi connectivity index (χ4n) is 1.34. The van der Waals surface area contributed by atoms with Crippen molar-refractivity contribution >= 4 is 0 Å². The average molecular weight is 225 g/mol. The molecule has 0 aliphatic heterocycles. The second-order valence-corrected chi connectivity index (χ2v) is 3.32. The Morgan fingerprint density at radius 2 is 2.00 bits per heavy atom. The van der Waals surface area contributed by atoms with Gasteiger partial charge in [0.1, 0.15) is 0 Å². The summed E-state index contributed by atoms with van der Waals surface area (Å²) in [6, 6.07) is 5.87. The molecule has 0 amide bonds. The monoisotopic (exact) mass is 225 g/mol. The first-order valence-electron chi connectivity index (χ1n) is 5.31. The van der Waals surface area contributed by atoms with Crippen LogP contribution in [0.25, 0.3) is 0 Å². The van der Waals surface area contributed by atoms with E-state index in [1.54, 1.807) is 14.2 Å². The molecule has 0 aliphatic rings. The van der Waals surface area contributed by atoms with Crippen LogP contribution in [0.1, 0.15) is 12.5 Å². The van der Waals surface area contributed by atoms with E-state index in [9.17, 15) is 0 Å². The lowest BCUT2D eigenvalue weighted by Gasteiger charge is -2.11. The zero-order chi connectivity index (χ0) is 11.8. The van der Waals surface area contributed by atoms with Crippen molar-refractivity contribution in [2.24, 2.45) is 0 Å². The molecule has 0 heterocycles. The van der Waals surface area contributed by atoms with Gasteiger partial charge in [0, 0.05) is 13.7 Å². The van der Waals surface area contributed by atoms with Gasteiger partial charge in [-0.3, -0.25) is 0 Å². The maximum absolute atomic E-state index is 5.42. The lowest BCUT2D eigenvalue weighted by atomic mass is 10.2. The molecule has 4 nitrogen and oxygen atoms in total. The molecule has 16 heavy (non-hydrogen) atoms. The first-order valence-corrected chi connectivity index (χ1v) is 5.31. The zero-order valence-electron chi connectivity index (χ0n) is 10.1. The molecule has 1 rings (SSSR count). The van der Waals surface area contributed by atoms with Gasteiger partial charge in [-0.25, -0.2) is 0 Å². The number of benzene rings is 1. The molecule has 1 aromatic carbocycles.